The number of ether oxygens (including phenoxy) is 2. The second-order valence-corrected chi connectivity index (χ2v) is 6.38. The lowest BCUT2D eigenvalue weighted by molar-refractivity contribution is -0.137. The first-order valence-corrected chi connectivity index (χ1v) is 8.12. The zero-order valence-electron chi connectivity index (χ0n) is 12.4. The number of benzene rings is 1. The van der Waals surface area contributed by atoms with Gasteiger partial charge >= 0.3 is 5.97 Å². The van der Waals surface area contributed by atoms with Crippen LogP contribution in [-0.4, -0.2) is 24.3 Å². The SMILES string of the molecule is CC(C)c1c(CCCC(=O)O)c(Br)cc2c1OCCCO2. The molecule has 0 fully saturated rings. The van der Waals surface area contributed by atoms with Gasteiger partial charge in [-0.25, -0.2) is 0 Å². The first-order valence-electron chi connectivity index (χ1n) is 7.33. The minimum Gasteiger partial charge on any atom is -0.490 e. The van der Waals surface area contributed by atoms with E-state index in [1.807, 2.05) is 6.07 Å². The Morgan fingerprint density at radius 1 is 1.38 bits per heavy atom. The Morgan fingerprint density at radius 2 is 2.10 bits per heavy atom. The van der Waals surface area contributed by atoms with E-state index in [9.17, 15) is 4.79 Å². The molecule has 0 amide bonds. The summed E-state index contributed by atoms with van der Waals surface area (Å²) in [7, 11) is 0. The van der Waals surface area contributed by atoms with Crippen LogP contribution in [0.5, 0.6) is 11.5 Å². The normalized spacial score (nSPS) is 14.1. The van der Waals surface area contributed by atoms with Gasteiger partial charge in [0.05, 0.1) is 13.2 Å². The molecule has 0 saturated heterocycles. The van der Waals surface area contributed by atoms with E-state index in [-0.39, 0.29) is 12.3 Å². The number of carboxylic acid groups (broad SMARTS) is 1. The van der Waals surface area contributed by atoms with Gasteiger partial charge in [0.2, 0.25) is 0 Å². The Hall–Kier alpha value is -1.23. The van der Waals surface area contributed by atoms with Gasteiger partial charge in [0.25, 0.3) is 0 Å². The minimum absolute atomic E-state index is 0.179. The molecule has 0 aliphatic carbocycles. The van der Waals surface area contributed by atoms with Crippen molar-refractivity contribution in [2.24, 2.45) is 0 Å². The van der Waals surface area contributed by atoms with Crippen LogP contribution in [0.15, 0.2) is 10.5 Å². The highest BCUT2D eigenvalue weighted by Crippen LogP contribution is 2.43. The fourth-order valence-corrected chi connectivity index (χ4v) is 3.24. The molecule has 2 rings (SSSR count). The highest BCUT2D eigenvalue weighted by Gasteiger charge is 2.23. The van der Waals surface area contributed by atoms with Crippen LogP contribution >= 0.6 is 15.9 Å². The van der Waals surface area contributed by atoms with Gasteiger partial charge in [0.1, 0.15) is 0 Å². The first kappa shape index (κ1) is 16.1. The molecule has 0 radical (unpaired) electrons. The van der Waals surface area contributed by atoms with Gasteiger partial charge in [-0.1, -0.05) is 29.8 Å². The van der Waals surface area contributed by atoms with Crippen LogP contribution < -0.4 is 9.47 Å². The topological polar surface area (TPSA) is 55.8 Å². The average Bonchev–Trinajstić information content (AvgIpc) is 2.63. The van der Waals surface area contributed by atoms with Crippen molar-refractivity contribution in [3.63, 3.8) is 0 Å². The summed E-state index contributed by atoms with van der Waals surface area (Å²) in [5.74, 6) is 1.14. The molecule has 1 heterocycles. The van der Waals surface area contributed by atoms with Crippen LogP contribution in [0.2, 0.25) is 0 Å². The van der Waals surface area contributed by atoms with Crippen molar-refractivity contribution in [2.45, 2.75) is 45.4 Å². The van der Waals surface area contributed by atoms with Crippen LogP contribution in [0.4, 0.5) is 0 Å². The molecule has 1 aromatic carbocycles. The number of carbonyl (C=O) groups is 1. The number of hydrogen-bond acceptors (Lipinski definition) is 3. The number of hydrogen-bond donors (Lipinski definition) is 1. The summed E-state index contributed by atoms with van der Waals surface area (Å²) in [6.45, 7) is 5.56. The van der Waals surface area contributed by atoms with Gasteiger partial charge in [-0.15, -0.1) is 0 Å². The number of fused-ring (bicyclic) bond motifs is 1. The molecule has 5 heteroatoms. The van der Waals surface area contributed by atoms with E-state index in [0.717, 1.165) is 39.9 Å². The minimum atomic E-state index is -0.758. The number of rotatable bonds is 5. The van der Waals surface area contributed by atoms with Gasteiger partial charge in [0, 0.05) is 22.9 Å². The molecule has 1 aromatic rings. The molecule has 1 aliphatic rings. The average molecular weight is 357 g/mol. The summed E-state index contributed by atoms with van der Waals surface area (Å²) in [6.07, 6.45) is 2.39. The van der Waals surface area contributed by atoms with Crippen molar-refractivity contribution < 1.29 is 19.4 Å². The van der Waals surface area contributed by atoms with Crippen molar-refractivity contribution in [1.29, 1.82) is 0 Å². The first-order chi connectivity index (χ1) is 10.0. The van der Waals surface area contributed by atoms with E-state index in [2.05, 4.69) is 29.8 Å². The quantitative estimate of drug-likeness (QED) is 0.861. The van der Waals surface area contributed by atoms with E-state index in [1.165, 1.54) is 0 Å². The standard InChI is InChI=1S/C16H21BrO4/c1-10(2)15-11(5-3-6-14(18)19)12(17)9-13-16(15)21-8-4-7-20-13/h9-10H,3-8H2,1-2H3,(H,18,19). The van der Waals surface area contributed by atoms with Crippen molar-refractivity contribution in [1.82, 2.24) is 0 Å². The monoisotopic (exact) mass is 356 g/mol. The zero-order chi connectivity index (χ0) is 15.4. The van der Waals surface area contributed by atoms with Crippen molar-refractivity contribution in [3.05, 3.63) is 21.7 Å². The summed E-state index contributed by atoms with van der Waals surface area (Å²) in [5, 5.41) is 8.81. The predicted molar refractivity (Wildman–Crippen MR) is 84.4 cm³/mol. The van der Waals surface area contributed by atoms with Crippen molar-refractivity contribution in [2.75, 3.05) is 13.2 Å². The molecular formula is C16H21BrO4. The second kappa shape index (κ2) is 7.16. The molecule has 0 bridgehead atoms. The largest absolute Gasteiger partial charge is 0.490 e. The van der Waals surface area contributed by atoms with Crippen LogP contribution in [-0.2, 0) is 11.2 Å². The molecule has 21 heavy (non-hydrogen) atoms. The third kappa shape index (κ3) is 3.90. The maximum Gasteiger partial charge on any atom is 0.303 e. The summed E-state index contributed by atoms with van der Waals surface area (Å²) in [6, 6.07) is 1.95. The Bertz CT molecular complexity index is 525. The molecule has 4 nitrogen and oxygen atoms in total. The van der Waals surface area contributed by atoms with Gasteiger partial charge < -0.3 is 14.6 Å². The maximum absolute atomic E-state index is 10.7. The molecule has 0 spiro atoms. The Balaban J connectivity index is 2.38. The highest BCUT2D eigenvalue weighted by atomic mass is 79.9. The molecule has 1 aliphatic heterocycles. The third-order valence-corrected chi connectivity index (χ3v) is 4.23. The second-order valence-electron chi connectivity index (χ2n) is 5.53. The number of halogens is 1. The van der Waals surface area contributed by atoms with Gasteiger partial charge in [0.15, 0.2) is 11.5 Å². The van der Waals surface area contributed by atoms with Crippen LogP contribution in [0.25, 0.3) is 0 Å². The molecule has 116 valence electrons. The zero-order valence-corrected chi connectivity index (χ0v) is 14.0. The summed E-state index contributed by atoms with van der Waals surface area (Å²) < 4.78 is 12.6. The molecular weight excluding hydrogens is 336 g/mol. The fraction of sp³-hybridized carbons (Fsp3) is 0.562. The maximum atomic E-state index is 10.7. The van der Waals surface area contributed by atoms with Crippen molar-refractivity contribution >= 4 is 21.9 Å². The molecule has 0 aromatic heterocycles. The van der Waals surface area contributed by atoms with E-state index >= 15 is 0 Å². The van der Waals surface area contributed by atoms with Crippen molar-refractivity contribution in [3.8, 4) is 11.5 Å². The van der Waals surface area contributed by atoms with Gasteiger partial charge in [-0.2, -0.15) is 0 Å². The number of carboxylic acids is 1. The summed E-state index contributed by atoms with van der Waals surface area (Å²) in [4.78, 5) is 10.7. The molecule has 0 unspecified atom stereocenters. The van der Waals surface area contributed by atoms with Crippen LogP contribution in [0.1, 0.15) is 50.2 Å². The highest BCUT2D eigenvalue weighted by molar-refractivity contribution is 9.10. The lowest BCUT2D eigenvalue weighted by Gasteiger charge is -2.21. The van der Waals surface area contributed by atoms with E-state index < -0.39 is 5.97 Å². The molecule has 1 N–H and O–H groups in total. The Morgan fingerprint density at radius 3 is 2.76 bits per heavy atom. The van der Waals surface area contributed by atoms with E-state index in [0.29, 0.717) is 19.6 Å². The lowest BCUT2D eigenvalue weighted by atomic mass is 9.92. The molecule has 0 saturated carbocycles. The Labute approximate surface area is 133 Å². The molecule has 0 atom stereocenters. The summed E-state index contributed by atoms with van der Waals surface area (Å²) >= 11 is 3.60. The predicted octanol–water partition coefficient (Wildman–Crippen LogP) is 4.14. The van der Waals surface area contributed by atoms with E-state index in [1.54, 1.807) is 0 Å². The van der Waals surface area contributed by atoms with E-state index in [4.69, 9.17) is 14.6 Å². The Kier molecular flexibility index (Phi) is 5.51. The lowest BCUT2D eigenvalue weighted by Crippen LogP contribution is -2.05. The summed E-state index contributed by atoms with van der Waals surface area (Å²) in [5.41, 5.74) is 2.27. The number of aliphatic carboxylic acids is 1. The van der Waals surface area contributed by atoms with Gasteiger partial charge in [-0.3, -0.25) is 4.79 Å². The smallest absolute Gasteiger partial charge is 0.303 e. The fourth-order valence-electron chi connectivity index (χ4n) is 2.62. The van der Waals surface area contributed by atoms with Crippen LogP contribution in [0, 0.1) is 0 Å². The van der Waals surface area contributed by atoms with Gasteiger partial charge in [-0.05, 0) is 30.4 Å². The van der Waals surface area contributed by atoms with Crippen LogP contribution in [0.3, 0.4) is 0 Å². The third-order valence-electron chi connectivity index (χ3n) is 3.53.